The Kier molecular flexibility index (Phi) is 28.1. The molecule has 138 valence electrons. The molecule has 4 heteroatoms. The lowest BCUT2D eigenvalue weighted by Crippen LogP contribution is -2.24. The van der Waals surface area contributed by atoms with E-state index in [0.29, 0.717) is 5.92 Å². The van der Waals surface area contributed by atoms with E-state index >= 15 is 0 Å². The van der Waals surface area contributed by atoms with Crippen molar-refractivity contribution in [3.63, 3.8) is 0 Å². The zero-order valence-corrected chi connectivity index (χ0v) is 16.9. The molecule has 0 saturated carbocycles. The fourth-order valence-corrected chi connectivity index (χ4v) is 1.70. The molecule has 1 atom stereocenters. The topological polar surface area (TPSA) is 24.9 Å². The summed E-state index contributed by atoms with van der Waals surface area (Å²) in [6.07, 6.45) is 0. The van der Waals surface area contributed by atoms with E-state index in [2.05, 4.69) is 37.7 Å². The van der Waals surface area contributed by atoms with E-state index in [4.69, 9.17) is 9.47 Å². The first kappa shape index (κ1) is 26.7. The Bertz CT molecular complexity index is 170. The number of ether oxygens (including phenoxy) is 2. The van der Waals surface area contributed by atoms with Crippen LogP contribution < -0.4 is 0 Å². The van der Waals surface area contributed by atoms with E-state index in [9.17, 15) is 0 Å². The molecule has 1 fully saturated rings. The average Bonchev–Trinajstić information content (AvgIpc) is 2.75. The lowest BCUT2D eigenvalue weighted by molar-refractivity contribution is 0.124. The van der Waals surface area contributed by atoms with Crippen molar-refractivity contribution in [1.29, 1.82) is 0 Å². The van der Waals surface area contributed by atoms with E-state index in [1.54, 1.807) is 0 Å². The maximum Gasteiger partial charge on any atom is 0.0593 e. The maximum absolute atomic E-state index is 5.34. The molecule has 0 aliphatic carbocycles. The van der Waals surface area contributed by atoms with Crippen LogP contribution in [-0.4, -0.2) is 76.5 Å². The molecule has 0 aromatic carbocycles. The highest BCUT2D eigenvalue weighted by molar-refractivity contribution is 4.61. The molecule has 1 aliphatic heterocycles. The molecule has 1 aliphatic rings. The highest BCUT2D eigenvalue weighted by Crippen LogP contribution is 2.02. The van der Waals surface area contributed by atoms with Gasteiger partial charge < -0.3 is 19.3 Å². The Labute approximate surface area is 141 Å². The van der Waals surface area contributed by atoms with Gasteiger partial charge >= 0.3 is 0 Å². The van der Waals surface area contributed by atoms with Crippen LogP contribution in [0.25, 0.3) is 0 Å². The van der Waals surface area contributed by atoms with Gasteiger partial charge in [0.1, 0.15) is 0 Å². The van der Waals surface area contributed by atoms with Gasteiger partial charge in [0.15, 0.2) is 0 Å². The van der Waals surface area contributed by atoms with Crippen molar-refractivity contribution in [3.05, 3.63) is 0 Å². The summed E-state index contributed by atoms with van der Waals surface area (Å²) in [5.41, 5.74) is 0. The van der Waals surface area contributed by atoms with E-state index in [1.165, 1.54) is 6.54 Å². The summed E-state index contributed by atoms with van der Waals surface area (Å²) in [4.78, 5) is 4.55. The fourth-order valence-electron chi connectivity index (χ4n) is 1.70. The second kappa shape index (κ2) is 23.1. The predicted octanol–water partition coefficient (Wildman–Crippen LogP) is 3.61. The van der Waals surface area contributed by atoms with Gasteiger partial charge in [-0.1, -0.05) is 41.5 Å². The first-order valence-electron chi connectivity index (χ1n) is 9.12. The summed E-state index contributed by atoms with van der Waals surface area (Å²) in [6, 6.07) is 0. The van der Waals surface area contributed by atoms with Crippen molar-refractivity contribution in [1.82, 2.24) is 9.80 Å². The normalized spacial score (nSPS) is 18.0. The minimum atomic E-state index is 0.706. The third kappa shape index (κ3) is 22.1. The van der Waals surface area contributed by atoms with Crippen LogP contribution in [0, 0.1) is 5.92 Å². The van der Waals surface area contributed by atoms with Gasteiger partial charge in [0.05, 0.1) is 19.8 Å². The van der Waals surface area contributed by atoms with Crippen LogP contribution in [0.3, 0.4) is 0 Å². The van der Waals surface area contributed by atoms with Crippen LogP contribution in [0.1, 0.15) is 48.5 Å². The number of hydrogen-bond acceptors (Lipinski definition) is 4. The number of likely N-dealkylation sites (N-methyl/N-ethyl adjacent to an activating group) is 2. The van der Waals surface area contributed by atoms with Gasteiger partial charge in [-0.2, -0.15) is 0 Å². The molecule has 1 rings (SSSR count). The first-order valence-corrected chi connectivity index (χ1v) is 9.12. The van der Waals surface area contributed by atoms with Gasteiger partial charge in [-0.25, -0.2) is 0 Å². The minimum absolute atomic E-state index is 0.706. The molecule has 22 heavy (non-hydrogen) atoms. The lowest BCUT2D eigenvalue weighted by Gasteiger charge is -2.13. The van der Waals surface area contributed by atoms with Gasteiger partial charge in [0, 0.05) is 26.2 Å². The van der Waals surface area contributed by atoms with Crippen molar-refractivity contribution in [3.8, 4) is 0 Å². The smallest absolute Gasteiger partial charge is 0.0593 e. The largest absolute Gasteiger partial charge is 0.380 e. The first-order chi connectivity index (χ1) is 10.6. The number of rotatable bonds is 5. The third-order valence-corrected chi connectivity index (χ3v) is 3.00. The van der Waals surface area contributed by atoms with Crippen molar-refractivity contribution in [2.24, 2.45) is 5.92 Å². The molecule has 1 saturated heterocycles. The van der Waals surface area contributed by atoms with E-state index in [-0.39, 0.29) is 0 Å². The lowest BCUT2D eigenvalue weighted by atomic mass is 10.2. The summed E-state index contributed by atoms with van der Waals surface area (Å²) < 4.78 is 10.5. The molecule has 0 bridgehead atoms. The van der Waals surface area contributed by atoms with Crippen molar-refractivity contribution in [2.75, 3.05) is 66.7 Å². The number of nitrogens with zero attached hydrogens (tertiary/aromatic N) is 2. The van der Waals surface area contributed by atoms with Crippen molar-refractivity contribution in [2.45, 2.75) is 48.5 Å². The molecular weight excluding hydrogens is 276 g/mol. The highest BCUT2D eigenvalue weighted by Gasteiger charge is 2.10. The zero-order chi connectivity index (χ0) is 17.8. The van der Waals surface area contributed by atoms with Crippen LogP contribution in [0.2, 0.25) is 0 Å². The average molecular weight is 321 g/mol. The predicted molar refractivity (Wildman–Crippen MR) is 99.8 cm³/mol. The molecule has 1 heterocycles. The Morgan fingerprint density at radius 2 is 1.77 bits per heavy atom. The summed E-state index contributed by atoms with van der Waals surface area (Å²) in [7, 11) is 4.24. The fraction of sp³-hybridized carbons (Fsp3) is 1.00. The molecular formula is C18H44N2O2. The standard InChI is InChI=1S/C7H15NO.C7H17NO.2C2H6/c1-7-5-8(2)3-4-9-6-7;1-4-8(3)6-7-9-5-2;2*1-2/h7H,3-6H2,1-2H3;4-7H2,1-3H3;2*1-2H3. The van der Waals surface area contributed by atoms with Crippen LogP contribution in [0.4, 0.5) is 0 Å². The Balaban J connectivity index is -0.000000267. The van der Waals surface area contributed by atoms with Gasteiger partial charge in [-0.3, -0.25) is 0 Å². The molecule has 1 unspecified atom stereocenters. The summed E-state index contributed by atoms with van der Waals surface area (Å²) in [5.74, 6) is 0.706. The molecule has 0 radical (unpaired) electrons. The van der Waals surface area contributed by atoms with E-state index in [0.717, 1.165) is 46.1 Å². The molecule has 0 aromatic heterocycles. The number of hydrogen-bond donors (Lipinski definition) is 0. The Morgan fingerprint density at radius 3 is 2.27 bits per heavy atom. The molecule has 0 N–H and O–H groups in total. The summed E-state index contributed by atoms with van der Waals surface area (Å²) in [5, 5.41) is 0. The monoisotopic (exact) mass is 320 g/mol. The highest BCUT2D eigenvalue weighted by atomic mass is 16.5. The Hall–Kier alpha value is -0.160. The van der Waals surface area contributed by atoms with E-state index in [1.807, 2.05) is 34.6 Å². The minimum Gasteiger partial charge on any atom is -0.380 e. The maximum atomic E-state index is 5.34. The second-order valence-corrected chi connectivity index (χ2v) is 5.04. The van der Waals surface area contributed by atoms with Crippen LogP contribution in [0.15, 0.2) is 0 Å². The molecule has 0 spiro atoms. The molecule has 0 amide bonds. The van der Waals surface area contributed by atoms with Crippen LogP contribution in [-0.2, 0) is 9.47 Å². The van der Waals surface area contributed by atoms with Gasteiger partial charge in [-0.05, 0) is 33.5 Å². The third-order valence-electron chi connectivity index (χ3n) is 3.00. The quantitative estimate of drug-likeness (QED) is 0.723. The second-order valence-electron chi connectivity index (χ2n) is 5.04. The molecule has 0 aromatic rings. The van der Waals surface area contributed by atoms with E-state index < -0.39 is 0 Å². The van der Waals surface area contributed by atoms with Crippen LogP contribution in [0.5, 0.6) is 0 Å². The summed E-state index contributed by atoms with van der Waals surface area (Å²) in [6.45, 7) is 22.3. The van der Waals surface area contributed by atoms with Gasteiger partial charge in [0.2, 0.25) is 0 Å². The van der Waals surface area contributed by atoms with Crippen molar-refractivity contribution >= 4 is 0 Å². The van der Waals surface area contributed by atoms with Gasteiger partial charge in [-0.15, -0.1) is 0 Å². The summed E-state index contributed by atoms with van der Waals surface area (Å²) >= 11 is 0. The SMILES string of the molecule is CC.CC.CC1COCCN(C)C1.CCOCCN(C)CC. The Morgan fingerprint density at radius 1 is 1.18 bits per heavy atom. The zero-order valence-electron chi connectivity index (χ0n) is 16.9. The molecule has 4 nitrogen and oxygen atoms in total. The van der Waals surface area contributed by atoms with Crippen molar-refractivity contribution < 1.29 is 9.47 Å². The van der Waals surface area contributed by atoms with Crippen LogP contribution >= 0.6 is 0 Å². The van der Waals surface area contributed by atoms with Gasteiger partial charge in [0.25, 0.3) is 0 Å².